The van der Waals surface area contributed by atoms with Gasteiger partial charge in [0.1, 0.15) is 11.3 Å². The molecule has 2 aromatic rings. The van der Waals surface area contributed by atoms with Crippen LogP contribution >= 0.6 is 23.2 Å². The first kappa shape index (κ1) is 21.5. The smallest absolute Gasteiger partial charge is 0.283 e. The predicted molar refractivity (Wildman–Crippen MR) is 105 cm³/mol. The number of hydrogen-bond donors (Lipinski definition) is 2. The number of rotatable bonds is 7. The Morgan fingerprint density at radius 3 is 2.46 bits per heavy atom. The van der Waals surface area contributed by atoms with Crippen molar-refractivity contribution >= 4 is 40.7 Å². The van der Waals surface area contributed by atoms with E-state index >= 15 is 0 Å². The van der Waals surface area contributed by atoms with Crippen molar-refractivity contribution in [2.24, 2.45) is 0 Å². The van der Waals surface area contributed by atoms with Crippen molar-refractivity contribution < 1.29 is 19.2 Å². The summed E-state index contributed by atoms with van der Waals surface area (Å²) in [6.45, 7) is 2.16. The van der Waals surface area contributed by atoms with Gasteiger partial charge in [0, 0.05) is 22.5 Å². The normalized spacial score (nSPS) is 10.2. The van der Waals surface area contributed by atoms with Gasteiger partial charge in [-0.3, -0.25) is 30.6 Å². The summed E-state index contributed by atoms with van der Waals surface area (Å²) in [5, 5.41) is 11.7. The fraction of sp³-hybridized carbons (Fsp3) is 0.222. The molecule has 0 heterocycles. The quantitative estimate of drug-likeness (QED) is 0.397. The molecule has 2 rings (SSSR count). The summed E-state index contributed by atoms with van der Waals surface area (Å²) in [5.41, 5.74) is 4.58. The summed E-state index contributed by atoms with van der Waals surface area (Å²) in [6.07, 6.45) is 0.500. The molecule has 0 aromatic heterocycles. The van der Waals surface area contributed by atoms with Gasteiger partial charge in [0.05, 0.1) is 11.5 Å². The molecule has 0 saturated carbocycles. The zero-order valence-electron chi connectivity index (χ0n) is 14.8. The summed E-state index contributed by atoms with van der Waals surface area (Å²) in [5.74, 6) is -0.598. The van der Waals surface area contributed by atoms with E-state index in [0.717, 1.165) is 11.6 Å². The molecule has 0 saturated heterocycles. The number of nitro benzene ring substituents is 1. The minimum atomic E-state index is -0.815. The molecule has 2 aromatic carbocycles. The number of halogens is 2. The van der Waals surface area contributed by atoms with E-state index in [0.29, 0.717) is 23.8 Å². The SMILES string of the molecule is Cc1cc(Cl)ccc1OCCCC(=O)NNC(=O)c1ccc(Cl)cc1[N+](=O)[O-]. The van der Waals surface area contributed by atoms with Crippen molar-refractivity contribution in [1.29, 1.82) is 0 Å². The zero-order valence-corrected chi connectivity index (χ0v) is 16.3. The average Bonchev–Trinajstić information content (AvgIpc) is 2.64. The van der Waals surface area contributed by atoms with Gasteiger partial charge < -0.3 is 4.74 Å². The van der Waals surface area contributed by atoms with Gasteiger partial charge >= 0.3 is 0 Å². The van der Waals surface area contributed by atoms with Crippen LogP contribution in [0.2, 0.25) is 10.0 Å². The molecular formula is C18H17Cl2N3O5. The van der Waals surface area contributed by atoms with Crippen LogP contribution in [0.5, 0.6) is 5.75 Å². The molecule has 148 valence electrons. The van der Waals surface area contributed by atoms with Crippen molar-refractivity contribution in [2.75, 3.05) is 6.61 Å². The van der Waals surface area contributed by atoms with E-state index in [-0.39, 0.29) is 17.0 Å². The maximum Gasteiger partial charge on any atom is 0.283 e. The van der Waals surface area contributed by atoms with Gasteiger partial charge in [0.2, 0.25) is 5.91 Å². The standard InChI is InChI=1S/C18H17Cl2N3O5/c1-11-9-12(19)5-7-16(11)28-8-2-3-17(24)21-22-18(25)14-6-4-13(20)10-15(14)23(26)27/h4-7,9-10H,2-3,8H2,1H3,(H,21,24)(H,22,25). The van der Waals surface area contributed by atoms with Crippen LogP contribution in [0.3, 0.4) is 0 Å². The molecule has 2 N–H and O–H groups in total. The van der Waals surface area contributed by atoms with E-state index in [1.165, 1.54) is 12.1 Å². The maximum atomic E-state index is 12.1. The molecule has 0 bridgehead atoms. The third-order valence-electron chi connectivity index (χ3n) is 3.66. The number of amides is 2. The summed E-state index contributed by atoms with van der Waals surface area (Å²) >= 11 is 11.6. The van der Waals surface area contributed by atoms with E-state index < -0.39 is 22.4 Å². The second kappa shape index (κ2) is 9.91. The lowest BCUT2D eigenvalue weighted by atomic mass is 10.2. The van der Waals surface area contributed by atoms with E-state index in [1.54, 1.807) is 18.2 Å². The van der Waals surface area contributed by atoms with Gasteiger partial charge in [-0.2, -0.15) is 0 Å². The van der Waals surface area contributed by atoms with Crippen LogP contribution in [-0.4, -0.2) is 23.3 Å². The first-order chi connectivity index (χ1) is 13.3. The van der Waals surface area contributed by atoms with Crippen molar-refractivity contribution in [3.05, 3.63) is 67.7 Å². The molecule has 8 nitrogen and oxygen atoms in total. The Morgan fingerprint density at radius 1 is 1.11 bits per heavy atom. The lowest BCUT2D eigenvalue weighted by Gasteiger charge is -2.10. The second-order valence-corrected chi connectivity index (χ2v) is 6.66. The topological polar surface area (TPSA) is 111 Å². The molecule has 0 aliphatic rings. The van der Waals surface area contributed by atoms with Crippen LogP contribution in [0.25, 0.3) is 0 Å². The van der Waals surface area contributed by atoms with Crippen LogP contribution in [0.4, 0.5) is 5.69 Å². The van der Waals surface area contributed by atoms with E-state index in [9.17, 15) is 19.7 Å². The first-order valence-electron chi connectivity index (χ1n) is 8.20. The van der Waals surface area contributed by atoms with Crippen LogP contribution in [0.15, 0.2) is 36.4 Å². The zero-order chi connectivity index (χ0) is 20.7. The molecule has 0 aliphatic heterocycles. The van der Waals surface area contributed by atoms with Gasteiger partial charge in [0.15, 0.2) is 0 Å². The Balaban J connectivity index is 1.78. The highest BCUT2D eigenvalue weighted by molar-refractivity contribution is 6.31. The number of ether oxygens (including phenoxy) is 1. The molecule has 2 amide bonds. The lowest BCUT2D eigenvalue weighted by molar-refractivity contribution is -0.385. The number of hydrogen-bond acceptors (Lipinski definition) is 5. The minimum Gasteiger partial charge on any atom is -0.493 e. The third-order valence-corrected chi connectivity index (χ3v) is 4.13. The second-order valence-electron chi connectivity index (χ2n) is 5.78. The van der Waals surface area contributed by atoms with E-state index in [2.05, 4.69) is 10.9 Å². The molecule has 0 radical (unpaired) electrons. The molecular weight excluding hydrogens is 409 g/mol. The molecule has 28 heavy (non-hydrogen) atoms. The van der Waals surface area contributed by atoms with Crippen molar-refractivity contribution in [1.82, 2.24) is 10.9 Å². The molecule has 0 spiro atoms. The van der Waals surface area contributed by atoms with Gasteiger partial charge in [-0.25, -0.2) is 0 Å². The number of carbonyl (C=O) groups is 2. The van der Waals surface area contributed by atoms with E-state index in [1.807, 2.05) is 6.92 Å². The largest absolute Gasteiger partial charge is 0.493 e. The Labute approximate surface area is 170 Å². The van der Waals surface area contributed by atoms with Gasteiger partial charge in [-0.05, 0) is 49.2 Å². The van der Waals surface area contributed by atoms with Crippen molar-refractivity contribution in [2.45, 2.75) is 19.8 Å². The number of hydrazine groups is 1. The summed E-state index contributed by atoms with van der Waals surface area (Å²) in [4.78, 5) is 34.2. The summed E-state index contributed by atoms with van der Waals surface area (Å²) < 4.78 is 5.58. The van der Waals surface area contributed by atoms with Crippen LogP contribution < -0.4 is 15.6 Å². The minimum absolute atomic E-state index is 0.0929. The molecule has 0 aliphatic carbocycles. The Kier molecular flexibility index (Phi) is 7.60. The monoisotopic (exact) mass is 425 g/mol. The highest BCUT2D eigenvalue weighted by atomic mass is 35.5. The first-order valence-corrected chi connectivity index (χ1v) is 8.95. The number of benzene rings is 2. The highest BCUT2D eigenvalue weighted by Gasteiger charge is 2.20. The van der Waals surface area contributed by atoms with Crippen molar-refractivity contribution in [3.63, 3.8) is 0 Å². The van der Waals surface area contributed by atoms with Crippen LogP contribution in [0.1, 0.15) is 28.8 Å². The van der Waals surface area contributed by atoms with Crippen LogP contribution in [0, 0.1) is 17.0 Å². The van der Waals surface area contributed by atoms with Gasteiger partial charge in [-0.15, -0.1) is 0 Å². The molecule has 0 atom stereocenters. The van der Waals surface area contributed by atoms with Gasteiger partial charge in [-0.1, -0.05) is 23.2 Å². The predicted octanol–water partition coefficient (Wildman–Crippen LogP) is 3.83. The van der Waals surface area contributed by atoms with Gasteiger partial charge in [0.25, 0.3) is 11.6 Å². The number of aryl methyl sites for hydroxylation is 1. The fourth-order valence-electron chi connectivity index (χ4n) is 2.29. The number of nitrogens with one attached hydrogen (secondary N) is 2. The summed E-state index contributed by atoms with van der Waals surface area (Å²) in [6, 6.07) is 8.86. The fourth-order valence-corrected chi connectivity index (χ4v) is 2.69. The number of nitro groups is 1. The number of nitrogens with zero attached hydrogens (tertiary/aromatic N) is 1. The Morgan fingerprint density at radius 2 is 1.79 bits per heavy atom. The van der Waals surface area contributed by atoms with Crippen molar-refractivity contribution in [3.8, 4) is 5.75 Å². The van der Waals surface area contributed by atoms with E-state index in [4.69, 9.17) is 27.9 Å². The van der Waals surface area contributed by atoms with Crippen LogP contribution in [-0.2, 0) is 4.79 Å². The maximum absolute atomic E-state index is 12.1. The molecule has 0 fully saturated rings. The average molecular weight is 426 g/mol. The Bertz CT molecular complexity index is 905. The summed E-state index contributed by atoms with van der Waals surface area (Å²) in [7, 11) is 0. The number of carbonyl (C=O) groups excluding carboxylic acids is 2. The Hall–Kier alpha value is -2.84. The molecule has 10 heteroatoms. The molecule has 0 unspecified atom stereocenters. The third kappa shape index (κ3) is 6.11. The highest BCUT2D eigenvalue weighted by Crippen LogP contribution is 2.23. The lowest BCUT2D eigenvalue weighted by Crippen LogP contribution is -2.41.